The van der Waals surface area contributed by atoms with Crippen molar-refractivity contribution in [3.63, 3.8) is 0 Å². The molecule has 0 bridgehead atoms. The highest BCUT2D eigenvalue weighted by Crippen LogP contribution is 2.13. The Morgan fingerprint density at radius 1 is 1.53 bits per heavy atom. The first kappa shape index (κ1) is 14.5. The van der Waals surface area contributed by atoms with E-state index in [1.165, 1.54) is 11.1 Å². The molecule has 1 amide bonds. The molecule has 19 heavy (non-hydrogen) atoms. The molecule has 1 fully saturated rings. The summed E-state index contributed by atoms with van der Waals surface area (Å²) in [7, 11) is 0. The zero-order chi connectivity index (χ0) is 13.7. The third kappa shape index (κ3) is 4.05. The summed E-state index contributed by atoms with van der Waals surface area (Å²) in [6, 6.07) is 8.54. The largest absolute Gasteiger partial charge is 0.377 e. The molecule has 104 valence electrons. The van der Waals surface area contributed by atoms with E-state index in [0.29, 0.717) is 26.2 Å². The van der Waals surface area contributed by atoms with Crippen LogP contribution in [0.25, 0.3) is 0 Å². The minimum absolute atomic E-state index is 0.179. The first-order valence-electron chi connectivity index (χ1n) is 6.69. The summed E-state index contributed by atoms with van der Waals surface area (Å²) in [5.41, 5.74) is 2.48. The van der Waals surface area contributed by atoms with Crippen molar-refractivity contribution in [3.05, 3.63) is 35.4 Å². The maximum Gasteiger partial charge on any atom is 0.223 e. The number of alkyl halides is 1. The molecule has 0 radical (unpaired) electrons. The minimum Gasteiger partial charge on any atom is -0.377 e. The topological polar surface area (TPSA) is 29.5 Å². The van der Waals surface area contributed by atoms with Crippen molar-refractivity contribution in [2.45, 2.75) is 25.8 Å². The van der Waals surface area contributed by atoms with Crippen molar-refractivity contribution >= 4 is 21.8 Å². The van der Waals surface area contributed by atoms with Crippen LogP contribution in [0.2, 0.25) is 0 Å². The summed E-state index contributed by atoms with van der Waals surface area (Å²) in [6.45, 7) is 4.08. The van der Waals surface area contributed by atoms with Gasteiger partial charge in [0.2, 0.25) is 5.91 Å². The smallest absolute Gasteiger partial charge is 0.223 e. The molecule has 0 aromatic heterocycles. The van der Waals surface area contributed by atoms with Crippen molar-refractivity contribution < 1.29 is 9.53 Å². The Morgan fingerprint density at radius 2 is 2.37 bits per heavy atom. The normalized spacial score (nSPS) is 19.5. The molecule has 1 aliphatic heterocycles. The van der Waals surface area contributed by atoms with Gasteiger partial charge in [0.1, 0.15) is 0 Å². The Morgan fingerprint density at radius 3 is 3.11 bits per heavy atom. The second-order valence-electron chi connectivity index (χ2n) is 4.96. The van der Waals surface area contributed by atoms with Gasteiger partial charge in [-0.05, 0) is 18.9 Å². The molecule has 3 nitrogen and oxygen atoms in total. The highest BCUT2D eigenvalue weighted by atomic mass is 79.9. The molecule has 1 aromatic carbocycles. The van der Waals surface area contributed by atoms with Gasteiger partial charge in [0.05, 0.1) is 19.3 Å². The van der Waals surface area contributed by atoms with E-state index in [9.17, 15) is 4.79 Å². The number of benzene rings is 1. The second kappa shape index (κ2) is 7.06. The van der Waals surface area contributed by atoms with Crippen LogP contribution >= 0.6 is 15.9 Å². The summed E-state index contributed by atoms with van der Waals surface area (Å²) >= 11 is 3.45. The Bertz CT molecular complexity index is 436. The average Bonchev–Trinajstić information content (AvgIpc) is 2.45. The summed E-state index contributed by atoms with van der Waals surface area (Å²) < 4.78 is 5.41. The molecule has 1 atom stereocenters. The summed E-state index contributed by atoms with van der Waals surface area (Å²) in [6.07, 6.45) is 1.39. The predicted molar refractivity (Wildman–Crippen MR) is 79.6 cm³/mol. The van der Waals surface area contributed by atoms with E-state index in [1.807, 2.05) is 11.0 Å². The first-order valence-corrected chi connectivity index (χ1v) is 7.81. The van der Waals surface area contributed by atoms with Crippen LogP contribution in [0.4, 0.5) is 0 Å². The molecule has 1 heterocycles. The zero-order valence-electron chi connectivity index (χ0n) is 11.3. The monoisotopic (exact) mass is 325 g/mol. The minimum atomic E-state index is 0.179. The number of hydrogen-bond donors (Lipinski definition) is 0. The number of amides is 1. The number of morpholine rings is 1. The van der Waals surface area contributed by atoms with Crippen LogP contribution in [0.3, 0.4) is 0 Å². The van der Waals surface area contributed by atoms with Gasteiger partial charge in [-0.1, -0.05) is 45.8 Å². The van der Waals surface area contributed by atoms with Crippen LogP contribution in [-0.2, 0) is 16.0 Å². The second-order valence-corrected chi connectivity index (χ2v) is 5.61. The van der Waals surface area contributed by atoms with E-state index in [4.69, 9.17) is 4.74 Å². The van der Waals surface area contributed by atoms with Gasteiger partial charge in [-0.25, -0.2) is 0 Å². The molecule has 2 rings (SSSR count). The number of aryl methyl sites for hydroxylation is 2. The lowest BCUT2D eigenvalue weighted by molar-refractivity contribution is -0.138. The van der Waals surface area contributed by atoms with Crippen molar-refractivity contribution in [2.24, 2.45) is 0 Å². The number of carbonyl (C=O) groups is 1. The van der Waals surface area contributed by atoms with E-state index >= 15 is 0 Å². The summed E-state index contributed by atoms with van der Waals surface area (Å²) in [5, 5.41) is 0.781. The zero-order valence-corrected chi connectivity index (χ0v) is 12.9. The van der Waals surface area contributed by atoms with Crippen LogP contribution in [0.5, 0.6) is 0 Å². The third-order valence-electron chi connectivity index (χ3n) is 3.44. The number of nitrogens with zero attached hydrogens (tertiary/aromatic N) is 1. The van der Waals surface area contributed by atoms with Crippen LogP contribution < -0.4 is 0 Å². The highest BCUT2D eigenvalue weighted by Gasteiger charge is 2.25. The number of carbonyl (C=O) groups excluding carboxylic acids is 1. The number of hydrogen-bond acceptors (Lipinski definition) is 2. The van der Waals surface area contributed by atoms with Crippen LogP contribution in [-0.4, -0.2) is 41.9 Å². The van der Waals surface area contributed by atoms with Crippen LogP contribution in [0.15, 0.2) is 24.3 Å². The quantitative estimate of drug-likeness (QED) is 0.796. The fraction of sp³-hybridized carbons (Fsp3) is 0.533. The van der Waals surface area contributed by atoms with Gasteiger partial charge in [0, 0.05) is 18.3 Å². The molecule has 0 saturated carbocycles. The molecule has 4 heteroatoms. The van der Waals surface area contributed by atoms with E-state index in [-0.39, 0.29) is 11.9 Å². The van der Waals surface area contributed by atoms with E-state index in [0.717, 1.165) is 11.8 Å². The molecular formula is C15H20BrNO2. The fourth-order valence-electron chi connectivity index (χ4n) is 2.37. The molecule has 1 saturated heterocycles. The standard InChI is InChI=1S/C15H20BrNO2/c1-12-3-2-4-13(9-12)5-6-15(18)17-7-8-19-11-14(17)10-16/h2-4,9,14H,5-8,10-11H2,1H3. The molecule has 1 aromatic rings. The number of halogens is 1. The molecule has 0 spiro atoms. The maximum atomic E-state index is 12.3. The Hall–Kier alpha value is -0.870. The highest BCUT2D eigenvalue weighted by molar-refractivity contribution is 9.09. The van der Waals surface area contributed by atoms with Gasteiger partial charge < -0.3 is 9.64 Å². The Kier molecular flexibility index (Phi) is 5.40. The SMILES string of the molecule is Cc1cccc(CCC(=O)N2CCOCC2CBr)c1. The molecule has 0 N–H and O–H groups in total. The van der Waals surface area contributed by atoms with Gasteiger partial charge in [0.25, 0.3) is 0 Å². The Labute approximate surface area is 123 Å². The van der Waals surface area contributed by atoms with Crippen molar-refractivity contribution in [3.8, 4) is 0 Å². The number of rotatable bonds is 4. The van der Waals surface area contributed by atoms with Crippen molar-refractivity contribution in [1.29, 1.82) is 0 Å². The van der Waals surface area contributed by atoms with Gasteiger partial charge in [-0.15, -0.1) is 0 Å². The van der Waals surface area contributed by atoms with Gasteiger partial charge in [-0.2, -0.15) is 0 Å². The van der Waals surface area contributed by atoms with E-state index < -0.39 is 0 Å². The van der Waals surface area contributed by atoms with Gasteiger partial charge in [-0.3, -0.25) is 4.79 Å². The third-order valence-corrected chi connectivity index (χ3v) is 4.18. The van der Waals surface area contributed by atoms with Crippen molar-refractivity contribution in [2.75, 3.05) is 25.1 Å². The number of ether oxygens (including phenoxy) is 1. The van der Waals surface area contributed by atoms with Crippen LogP contribution in [0.1, 0.15) is 17.5 Å². The molecule has 1 unspecified atom stereocenters. The van der Waals surface area contributed by atoms with Gasteiger partial charge in [0.15, 0.2) is 0 Å². The average molecular weight is 326 g/mol. The lowest BCUT2D eigenvalue weighted by Gasteiger charge is -2.34. The summed E-state index contributed by atoms with van der Waals surface area (Å²) in [5.74, 6) is 0.231. The molecule has 0 aliphatic carbocycles. The van der Waals surface area contributed by atoms with E-state index in [2.05, 4.69) is 41.1 Å². The molecule has 1 aliphatic rings. The van der Waals surface area contributed by atoms with E-state index in [1.54, 1.807) is 0 Å². The predicted octanol–water partition coefficient (Wildman–Crippen LogP) is 2.55. The summed E-state index contributed by atoms with van der Waals surface area (Å²) in [4.78, 5) is 14.2. The maximum absolute atomic E-state index is 12.3. The first-order chi connectivity index (χ1) is 9.20. The van der Waals surface area contributed by atoms with Crippen molar-refractivity contribution in [1.82, 2.24) is 4.90 Å². The lowest BCUT2D eigenvalue weighted by atomic mass is 10.1. The lowest BCUT2D eigenvalue weighted by Crippen LogP contribution is -2.49. The Balaban J connectivity index is 1.89. The molecular weight excluding hydrogens is 306 g/mol. The van der Waals surface area contributed by atoms with Gasteiger partial charge >= 0.3 is 0 Å². The van der Waals surface area contributed by atoms with Crippen LogP contribution in [0, 0.1) is 6.92 Å². The fourth-order valence-corrected chi connectivity index (χ4v) is 2.91.